The van der Waals surface area contributed by atoms with Gasteiger partial charge in [-0.05, 0) is 44.6 Å². The molecule has 0 amide bonds. The molecule has 0 aromatic carbocycles. The van der Waals surface area contributed by atoms with Gasteiger partial charge in [-0.15, -0.1) is 0 Å². The Bertz CT molecular complexity index is 403. The van der Waals surface area contributed by atoms with E-state index in [0.29, 0.717) is 6.61 Å². The third-order valence-corrected chi connectivity index (χ3v) is 4.30. The quantitative estimate of drug-likeness (QED) is 0.817. The van der Waals surface area contributed by atoms with Crippen LogP contribution in [0.1, 0.15) is 55.6 Å². The lowest BCUT2D eigenvalue weighted by atomic mass is 10.1. The van der Waals surface area contributed by atoms with Gasteiger partial charge in [0.2, 0.25) is 0 Å². The van der Waals surface area contributed by atoms with Gasteiger partial charge in [-0.2, -0.15) is 0 Å². The fourth-order valence-corrected chi connectivity index (χ4v) is 2.88. The summed E-state index contributed by atoms with van der Waals surface area (Å²) in [7, 11) is 0. The summed E-state index contributed by atoms with van der Waals surface area (Å²) in [5, 5.41) is 3.53. The summed E-state index contributed by atoms with van der Waals surface area (Å²) in [5.41, 5.74) is 1.28. The molecule has 0 radical (unpaired) electrons. The second kappa shape index (κ2) is 6.10. The van der Waals surface area contributed by atoms with E-state index in [0.717, 1.165) is 36.6 Å². The van der Waals surface area contributed by atoms with Crippen LogP contribution in [0.5, 0.6) is 0 Å². The molecule has 2 aliphatic rings. The van der Waals surface area contributed by atoms with Crippen LogP contribution in [0.25, 0.3) is 0 Å². The van der Waals surface area contributed by atoms with Crippen LogP contribution in [-0.2, 0) is 17.9 Å². The van der Waals surface area contributed by atoms with Crippen LogP contribution >= 0.6 is 0 Å². The summed E-state index contributed by atoms with van der Waals surface area (Å²) in [6, 6.07) is 2.90. The molecule has 2 aliphatic carbocycles. The van der Waals surface area contributed by atoms with Crippen molar-refractivity contribution in [3.63, 3.8) is 0 Å². The van der Waals surface area contributed by atoms with E-state index in [1.165, 1.54) is 44.1 Å². The average Bonchev–Trinajstić information content (AvgIpc) is 2.95. The number of furan rings is 1. The van der Waals surface area contributed by atoms with Gasteiger partial charge in [0, 0.05) is 24.8 Å². The van der Waals surface area contributed by atoms with Gasteiger partial charge in [0.1, 0.15) is 18.1 Å². The monoisotopic (exact) mass is 263 g/mol. The second-order valence-electron chi connectivity index (χ2n) is 6.11. The second-order valence-corrected chi connectivity index (χ2v) is 6.11. The molecule has 0 atom stereocenters. The Hall–Kier alpha value is -0.800. The summed E-state index contributed by atoms with van der Waals surface area (Å²) in [5.74, 6) is 2.79. The van der Waals surface area contributed by atoms with Gasteiger partial charge < -0.3 is 14.5 Å². The van der Waals surface area contributed by atoms with Crippen molar-refractivity contribution in [3.05, 3.63) is 23.2 Å². The summed E-state index contributed by atoms with van der Waals surface area (Å²) in [4.78, 5) is 0. The van der Waals surface area contributed by atoms with Crippen molar-refractivity contribution >= 4 is 0 Å². The molecule has 0 aliphatic heterocycles. The highest BCUT2D eigenvalue weighted by molar-refractivity contribution is 5.20. The van der Waals surface area contributed by atoms with Gasteiger partial charge >= 0.3 is 0 Å². The van der Waals surface area contributed by atoms with E-state index < -0.39 is 0 Å². The van der Waals surface area contributed by atoms with Crippen molar-refractivity contribution in [2.24, 2.45) is 5.92 Å². The molecule has 1 aromatic heterocycles. The molecular weight excluding hydrogens is 238 g/mol. The molecule has 2 fully saturated rings. The zero-order valence-electron chi connectivity index (χ0n) is 11.9. The van der Waals surface area contributed by atoms with Crippen molar-refractivity contribution in [1.82, 2.24) is 5.32 Å². The molecule has 0 saturated heterocycles. The Morgan fingerprint density at radius 2 is 2.05 bits per heavy atom. The van der Waals surface area contributed by atoms with E-state index in [-0.39, 0.29) is 0 Å². The average molecular weight is 263 g/mol. The molecule has 19 heavy (non-hydrogen) atoms. The van der Waals surface area contributed by atoms with E-state index in [9.17, 15) is 0 Å². The standard InChI is InChI=1S/C16H25NO2/c1-12-14(9-17-15-6-7-15)8-16(19-12)11-18-10-13-4-2-3-5-13/h8,13,15,17H,2-7,9-11H2,1H3. The van der Waals surface area contributed by atoms with Gasteiger partial charge in [0.25, 0.3) is 0 Å². The predicted octanol–water partition coefficient (Wildman–Crippen LogP) is 3.55. The molecule has 3 rings (SSSR count). The van der Waals surface area contributed by atoms with E-state index >= 15 is 0 Å². The van der Waals surface area contributed by atoms with E-state index in [4.69, 9.17) is 9.15 Å². The molecule has 1 aromatic rings. The molecule has 3 heteroatoms. The maximum Gasteiger partial charge on any atom is 0.130 e. The van der Waals surface area contributed by atoms with Crippen LogP contribution in [-0.4, -0.2) is 12.6 Å². The highest BCUT2D eigenvalue weighted by Crippen LogP contribution is 2.25. The van der Waals surface area contributed by atoms with Gasteiger partial charge in [-0.3, -0.25) is 0 Å². The van der Waals surface area contributed by atoms with Crippen molar-refractivity contribution in [2.45, 2.75) is 64.6 Å². The van der Waals surface area contributed by atoms with Crippen LogP contribution in [0, 0.1) is 12.8 Å². The minimum absolute atomic E-state index is 0.626. The Morgan fingerprint density at radius 3 is 2.79 bits per heavy atom. The van der Waals surface area contributed by atoms with Gasteiger partial charge in [0.05, 0.1) is 0 Å². The fraction of sp³-hybridized carbons (Fsp3) is 0.750. The molecule has 0 bridgehead atoms. The lowest BCUT2D eigenvalue weighted by Gasteiger charge is -2.08. The molecule has 3 nitrogen and oxygen atoms in total. The smallest absolute Gasteiger partial charge is 0.130 e. The van der Waals surface area contributed by atoms with Crippen LogP contribution in [0.3, 0.4) is 0 Å². The zero-order valence-corrected chi connectivity index (χ0v) is 11.9. The van der Waals surface area contributed by atoms with Crippen molar-refractivity contribution in [2.75, 3.05) is 6.61 Å². The first-order valence-corrected chi connectivity index (χ1v) is 7.70. The molecule has 0 spiro atoms. The normalized spacial score (nSPS) is 20.3. The Balaban J connectivity index is 1.43. The van der Waals surface area contributed by atoms with E-state index in [1.54, 1.807) is 0 Å². The molecule has 1 N–H and O–H groups in total. The highest BCUT2D eigenvalue weighted by Gasteiger charge is 2.21. The lowest BCUT2D eigenvalue weighted by molar-refractivity contribution is 0.0767. The SMILES string of the molecule is Cc1oc(COCC2CCCC2)cc1CNC1CC1. The maximum absolute atomic E-state index is 5.80. The highest BCUT2D eigenvalue weighted by atomic mass is 16.5. The largest absolute Gasteiger partial charge is 0.464 e. The van der Waals surface area contributed by atoms with Crippen molar-refractivity contribution in [3.8, 4) is 0 Å². The molecule has 1 heterocycles. The summed E-state index contributed by atoms with van der Waals surface area (Å²) >= 11 is 0. The first kappa shape index (κ1) is 13.2. The minimum Gasteiger partial charge on any atom is -0.464 e. The lowest BCUT2D eigenvalue weighted by Crippen LogP contribution is -2.15. The molecular formula is C16H25NO2. The summed E-state index contributed by atoms with van der Waals surface area (Å²) in [6.45, 7) is 4.50. The van der Waals surface area contributed by atoms with Crippen LogP contribution in [0.2, 0.25) is 0 Å². The third-order valence-electron chi connectivity index (χ3n) is 4.30. The topological polar surface area (TPSA) is 34.4 Å². The number of hydrogen-bond acceptors (Lipinski definition) is 3. The van der Waals surface area contributed by atoms with Gasteiger partial charge in [-0.1, -0.05) is 12.8 Å². The van der Waals surface area contributed by atoms with Gasteiger partial charge in [-0.25, -0.2) is 0 Å². The first-order valence-electron chi connectivity index (χ1n) is 7.70. The third kappa shape index (κ3) is 3.83. The van der Waals surface area contributed by atoms with E-state index in [2.05, 4.69) is 11.4 Å². The number of hydrogen-bond donors (Lipinski definition) is 1. The fourth-order valence-electron chi connectivity index (χ4n) is 2.88. The number of ether oxygens (including phenoxy) is 1. The number of aryl methyl sites for hydroxylation is 1. The van der Waals surface area contributed by atoms with E-state index in [1.807, 2.05) is 6.92 Å². The zero-order chi connectivity index (χ0) is 13.1. The molecule has 0 unspecified atom stereocenters. The minimum atomic E-state index is 0.626. The number of rotatable bonds is 7. The first-order chi connectivity index (χ1) is 9.31. The Kier molecular flexibility index (Phi) is 4.24. The molecule has 2 saturated carbocycles. The van der Waals surface area contributed by atoms with Crippen LogP contribution < -0.4 is 5.32 Å². The van der Waals surface area contributed by atoms with Crippen molar-refractivity contribution < 1.29 is 9.15 Å². The summed E-state index contributed by atoms with van der Waals surface area (Å²) < 4.78 is 11.6. The maximum atomic E-state index is 5.80. The Morgan fingerprint density at radius 1 is 1.26 bits per heavy atom. The number of nitrogens with one attached hydrogen (secondary N) is 1. The summed E-state index contributed by atoms with van der Waals surface area (Å²) in [6.07, 6.45) is 8.10. The van der Waals surface area contributed by atoms with Gasteiger partial charge in [0.15, 0.2) is 0 Å². The Labute approximate surface area is 115 Å². The van der Waals surface area contributed by atoms with Crippen molar-refractivity contribution in [1.29, 1.82) is 0 Å². The predicted molar refractivity (Wildman–Crippen MR) is 74.9 cm³/mol. The molecule has 106 valence electrons. The van der Waals surface area contributed by atoms with Crippen LogP contribution in [0.4, 0.5) is 0 Å². The van der Waals surface area contributed by atoms with Crippen LogP contribution in [0.15, 0.2) is 10.5 Å².